The molecule has 0 aliphatic carbocycles. The van der Waals surface area contributed by atoms with Crippen LogP contribution in [0.2, 0.25) is 0 Å². The van der Waals surface area contributed by atoms with Gasteiger partial charge in [0, 0.05) is 13.2 Å². The van der Waals surface area contributed by atoms with Crippen LogP contribution < -0.4 is 0 Å². The minimum absolute atomic E-state index is 0.385. The summed E-state index contributed by atoms with van der Waals surface area (Å²) in [5, 5.41) is 9.46. The van der Waals surface area contributed by atoms with Crippen molar-refractivity contribution in [2.45, 2.75) is 39.0 Å². The van der Waals surface area contributed by atoms with Gasteiger partial charge in [-0.3, -0.25) is 4.79 Å². The smallest absolute Gasteiger partial charge is 0.313 e. The van der Waals surface area contributed by atoms with Crippen molar-refractivity contribution in [2.24, 2.45) is 11.3 Å². The Morgan fingerprint density at radius 2 is 2.28 bits per heavy atom. The number of likely N-dealkylation sites (tertiary alicyclic amines) is 1. The third kappa shape index (κ3) is 3.04. The third-order valence-electron chi connectivity index (χ3n) is 4.60. The van der Waals surface area contributed by atoms with Crippen LogP contribution in [0.4, 0.5) is 0 Å². The van der Waals surface area contributed by atoms with E-state index in [1.54, 1.807) is 0 Å². The van der Waals surface area contributed by atoms with Crippen LogP contribution in [0.15, 0.2) is 0 Å². The normalized spacial score (nSPS) is 34.4. The first kappa shape index (κ1) is 13.8. The number of ether oxygens (including phenoxy) is 1. The fourth-order valence-corrected chi connectivity index (χ4v) is 3.19. The van der Waals surface area contributed by atoms with E-state index in [0.29, 0.717) is 26.2 Å². The van der Waals surface area contributed by atoms with Crippen molar-refractivity contribution in [2.75, 3.05) is 32.8 Å². The molecule has 0 aromatic rings. The number of carbonyl (C=O) groups is 1. The maximum absolute atomic E-state index is 11.5. The summed E-state index contributed by atoms with van der Waals surface area (Å²) >= 11 is 0. The van der Waals surface area contributed by atoms with Crippen molar-refractivity contribution >= 4 is 5.97 Å². The van der Waals surface area contributed by atoms with Crippen molar-refractivity contribution in [1.29, 1.82) is 0 Å². The van der Waals surface area contributed by atoms with Crippen molar-refractivity contribution in [3.8, 4) is 0 Å². The van der Waals surface area contributed by atoms with Gasteiger partial charge >= 0.3 is 5.97 Å². The van der Waals surface area contributed by atoms with Crippen molar-refractivity contribution in [3.05, 3.63) is 0 Å². The highest BCUT2D eigenvalue weighted by molar-refractivity contribution is 5.75. The Hall–Kier alpha value is -0.610. The van der Waals surface area contributed by atoms with Gasteiger partial charge in [0.15, 0.2) is 0 Å². The van der Waals surface area contributed by atoms with E-state index in [4.69, 9.17) is 4.74 Å². The Balaban J connectivity index is 1.93. The molecule has 2 fully saturated rings. The molecule has 18 heavy (non-hydrogen) atoms. The van der Waals surface area contributed by atoms with Crippen molar-refractivity contribution < 1.29 is 14.6 Å². The quantitative estimate of drug-likeness (QED) is 0.834. The maximum atomic E-state index is 11.5. The summed E-state index contributed by atoms with van der Waals surface area (Å²) in [4.78, 5) is 13.8. The molecule has 2 atom stereocenters. The van der Waals surface area contributed by atoms with Crippen LogP contribution in [0.1, 0.15) is 39.0 Å². The molecular weight excluding hydrogens is 230 g/mol. The van der Waals surface area contributed by atoms with Gasteiger partial charge in [-0.1, -0.05) is 13.3 Å². The maximum Gasteiger partial charge on any atom is 0.313 e. The van der Waals surface area contributed by atoms with Crippen LogP contribution in [0.5, 0.6) is 0 Å². The Morgan fingerprint density at radius 1 is 1.44 bits per heavy atom. The number of carboxylic acid groups (broad SMARTS) is 1. The summed E-state index contributed by atoms with van der Waals surface area (Å²) in [6, 6.07) is 0. The van der Waals surface area contributed by atoms with E-state index in [0.717, 1.165) is 19.0 Å². The first-order valence-electron chi connectivity index (χ1n) is 7.20. The topological polar surface area (TPSA) is 49.8 Å². The van der Waals surface area contributed by atoms with Crippen LogP contribution in [0, 0.1) is 11.3 Å². The largest absolute Gasteiger partial charge is 0.481 e. The van der Waals surface area contributed by atoms with E-state index in [-0.39, 0.29) is 0 Å². The molecule has 2 rings (SSSR count). The second-order valence-electron chi connectivity index (χ2n) is 5.87. The van der Waals surface area contributed by atoms with Crippen molar-refractivity contribution in [3.63, 3.8) is 0 Å². The van der Waals surface area contributed by atoms with Gasteiger partial charge in [0.25, 0.3) is 0 Å². The fraction of sp³-hybridized carbons (Fsp3) is 0.929. The van der Waals surface area contributed by atoms with E-state index in [9.17, 15) is 9.90 Å². The van der Waals surface area contributed by atoms with Crippen molar-refractivity contribution in [1.82, 2.24) is 4.90 Å². The number of hydrogen-bond donors (Lipinski definition) is 1. The number of carboxylic acids is 1. The molecule has 0 spiro atoms. The fourth-order valence-electron chi connectivity index (χ4n) is 3.19. The number of nitrogens with zero attached hydrogens (tertiary/aromatic N) is 1. The summed E-state index contributed by atoms with van der Waals surface area (Å²) < 4.78 is 5.33. The lowest BCUT2D eigenvalue weighted by Crippen LogP contribution is -2.44. The standard InChI is InChI=1S/C14H25NO3/c1-2-12-4-3-7-15(8-5-12)10-14(13(16)17)6-9-18-11-14/h12H,2-11H2,1H3,(H,16,17). The molecule has 2 heterocycles. The summed E-state index contributed by atoms with van der Waals surface area (Å²) in [7, 11) is 0. The molecule has 0 aromatic carbocycles. The zero-order chi connectivity index (χ0) is 13.0. The summed E-state index contributed by atoms with van der Waals surface area (Å²) in [5.41, 5.74) is -0.647. The van der Waals surface area contributed by atoms with Crippen LogP contribution in [0.25, 0.3) is 0 Å². The molecule has 0 radical (unpaired) electrons. The van der Waals surface area contributed by atoms with Crippen LogP contribution in [0.3, 0.4) is 0 Å². The molecule has 2 aliphatic heterocycles. The van der Waals surface area contributed by atoms with Gasteiger partial charge in [-0.05, 0) is 44.7 Å². The predicted octanol–water partition coefficient (Wildman–Crippen LogP) is 1.99. The molecular formula is C14H25NO3. The molecule has 4 heteroatoms. The highest BCUT2D eigenvalue weighted by Crippen LogP contribution is 2.31. The third-order valence-corrected chi connectivity index (χ3v) is 4.60. The highest BCUT2D eigenvalue weighted by atomic mass is 16.5. The molecule has 2 saturated heterocycles. The number of hydrogen-bond acceptors (Lipinski definition) is 3. The van der Waals surface area contributed by atoms with Crippen LogP contribution >= 0.6 is 0 Å². The lowest BCUT2D eigenvalue weighted by molar-refractivity contribution is -0.150. The first-order chi connectivity index (χ1) is 8.66. The van der Waals surface area contributed by atoms with Crippen LogP contribution in [-0.2, 0) is 9.53 Å². The summed E-state index contributed by atoms with van der Waals surface area (Å²) in [6.07, 6.45) is 5.63. The molecule has 2 unspecified atom stereocenters. The van der Waals surface area contributed by atoms with Gasteiger partial charge in [-0.25, -0.2) is 0 Å². The minimum atomic E-state index is -0.684. The summed E-state index contributed by atoms with van der Waals surface area (Å²) in [5.74, 6) is 0.145. The highest BCUT2D eigenvalue weighted by Gasteiger charge is 2.43. The van der Waals surface area contributed by atoms with Gasteiger partial charge in [0.05, 0.1) is 6.61 Å². The van der Waals surface area contributed by atoms with E-state index in [1.807, 2.05) is 0 Å². The Labute approximate surface area is 109 Å². The second kappa shape index (κ2) is 6.02. The zero-order valence-corrected chi connectivity index (χ0v) is 11.4. The second-order valence-corrected chi connectivity index (χ2v) is 5.87. The zero-order valence-electron chi connectivity index (χ0n) is 11.4. The number of aliphatic carboxylic acids is 1. The van der Waals surface area contributed by atoms with Gasteiger partial charge in [0.1, 0.15) is 5.41 Å². The minimum Gasteiger partial charge on any atom is -0.481 e. The average Bonchev–Trinajstić information content (AvgIpc) is 2.71. The van der Waals surface area contributed by atoms with Crippen LogP contribution in [-0.4, -0.2) is 48.8 Å². The van der Waals surface area contributed by atoms with E-state index in [2.05, 4.69) is 11.8 Å². The molecule has 104 valence electrons. The lowest BCUT2D eigenvalue weighted by Gasteiger charge is -2.30. The van der Waals surface area contributed by atoms with Gasteiger partial charge < -0.3 is 14.7 Å². The molecule has 4 nitrogen and oxygen atoms in total. The van der Waals surface area contributed by atoms with Gasteiger partial charge in [0.2, 0.25) is 0 Å². The Morgan fingerprint density at radius 3 is 2.89 bits per heavy atom. The van der Waals surface area contributed by atoms with E-state index >= 15 is 0 Å². The predicted molar refractivity (Wildman–Crippen MR) is 69.6 cm³/mol. The molecule has 0 bridgehead atoms. The van der Waals surface area contributed by atoms with E-state index < -0.39 is 11.4 Å². The Bertz CT molecular complexity index is 287. The van der Waals surface area contributed by atoms with Gasteiger partial charge in [-0.2, -0.15) is 0 Å². The first-order valence-corrected chi connectivity index (χ1v) is 7.20. The molecule has 1 N–H and O–H groups in total. The monoisotopic (exact) mass is 255 g/mol. The average molecular weight is 255 g/mol. The number of rotatable bonds is 4. The molecule has 0 amide bonds. The van der Waals surface area contributed by atoms with Gasteiger partial charge in [-0.15, -0.1) is 0 Å². The molecule has 2 aliphatic rings. The molecule has 0 saturated carbocycles. The lowest BCUT2D eigenvalue weighted by atomic mass is 9.86. The SMILES string of the molecule is CCC1CCCN(CC2(C(=O)O)CCOC2)CC1. The molecule has 0 aromatic heterocycles. The van der Waals surface area contributed by atoms with E-state index in [1.165, 1.54) is 25.7 Å². The summed E-state index contributed by atoms with van der Waals surface area (Å²) in [6.45, 7) is 6.00. The Kier molecular flexibility index (Phi) is 4.62.